The van der Waals surface area contributed by atoms with Crippen LogP contribution in [0.3, 0.4) is 0 Å². The molecule has 2 heterocycles. The van der Waals surface area contributed by atoms with Crippen LogP contribution in [0, 0.1) is 5.41 Å². The van der Waals surface area contributed by atoms with E-state index in [0.717, 1.165) is 49.9 Å². The third kappa shape index (κ3) is 4.65. The van der Waals surface area contributed by atoms with Gasteiger partial charge >= 0.3 is 0 Å². The summed E-state index contributed by atoms with van der Waals surface area (Å²) in [6.07, 6.45) is 0. The van der Waals surface area contributed by atoms with Gasteiger partial charge in [0.1, 0.15) is 0 Å². The molecule has 154 valence electrons. The molecule has 2 aromatic carbocycles. The van der Waals surface area contributed by atoms with Gasteiger partial charge in [0.15, 0.2) is 11.5 Å². The largest absolute Gasteiger partial charge is 0.454 e. The van der Waals surface area contributed by atoms with E-state index < -0.39 is 5.41 Å². The Labute approximate surface area is 172 Å². The molecule has 1 saturated heterocycles. The number of benzene rings is 2. The number of hydrogen-bond acceptors (Lipinski definition) is 5. The summed E-state index contributed by atoms with van der Waals surface area (Å²) in [5.41, 5.74) is 2.89. The molecule has 0 radical (unpaired) electrons. The lowest BCUT2D eigenvalue weighted by molar-refractivity contribution is -0.123. The molecule has 0 saturated carbocycles. The Morgan fingerprint density at radius 3 is 2.34 bits per heavy atom. The number of carbonyl (C=O) groups excluding carboxylic acids is 1. The molecule has 4 rings (SSSR count). The quantitative estimate of drug-likeness (QED) is 0.855. The number of ether oxygens (including phenoxy) is 2. The lowest BCUT2D eigenvalue weighted by Gasteiger charge is -2.36. The predicted octanol–water partition coefficient (Wildman–Crippen LogP) is 3.72. The van der Waals surface area contributed by atoms with E-state index in [1.165, 1.54) is 11.3 Å². The third-order valence-corrected chi connectivity index (χ3v) is 5.39. The maximum Gasteiger partial charge on any atom is 0.231 e. The maximum absolute atomic E-state index is 12.1. The van der Waals surface area contributed by atoms with E-state index in [0.29, 0.717) is 6.79 Å². The number of anilines is 2. The van der Waals surface area contributed by atoms with Gasteiger partial charge in [-0.15, -0.1) is 0 Å². The SMILES string of the molecule is CC(C)(C)C(=O)Nc1ccc(N2CCN(Cc3ccc4c(c3)OCO4)CC2)cc1. The molecule has 1 amide bonds. The van der Waals surface area contributed by atoms with Crippen molar-refractivity contribution in [2.75, 3.05) is 43.2 Å². The summed E-state index contributed by atoms with van der Waals surface area (Å²) in [6, 6.07) is 14.3. The zero-order valence-corrected chi connectivity index (χ0v) is 17.4. The molecular weight excluding hydrogens is 366 g/mol. The minimum atomic E-state index is -0.396. The van der Waals surface area contributed by atoms with Crippen molar-refractivity contribution < 1.29 is 14.3 Å². The Morgan fingerprint density at radius 1 is 0.966 bits per heavy atom. The summed E-state index contributed by atoms with van der Waals surface area (Å²) < 4.78 is 10.9. The molecule has 6 nitrogen and oxygen atoms in total. The molecule has 2 aromatic rings. The first-order valence-corrected chi connectivity index (χ1v) is 10.2. The summed E-state index contributed by atoms with van der Waals surface area (Å²) in [5.74, 6) is 1.71. The molecule has 0 bridgehead atoms. The van der Waals surface area contributed by atoms with Crippen molar-refractivity contribution in [2.45, 2.75) is 27.3 Å². The van der Waals surface area contributed by atoms with Crippen molar-refractivity contribution in [1.29, 1.82) is 0 Å². The number of rotatable bonds is 4. The van der Waals surface area contributed by atoms with Gasteiger partial charge in [0, 0.05) is 49.5 Å². The van der Waals surface area contributed by atoms with Crippen LogP contribution in [0.4, 0.5) is 11.4 Å². The van der Waals surface area contributed by atoms with Crippen LogP contribution >= 0.6 is 0 Å². The second kappa shape index (κ2) is 7.95. The second-order valence-corrected chi connectivity index (χ2v) is 8.70. The first-order valence-electron chi connectivity index (χ1n) is 10.2. The van der Waals surface area contributed by atoms with Crippen molar-refractivity contribution in [3.8, 4) is 11.5 Å². The van der Waals surface area contributed by atoms with Gasteiger partial charge in [-0.25, -0.2) is 0 Å². The van der Waals surface area contributed by atoms with Gasteiger partial charge in [0.2, 0.25) is 12.7 Å². The summed E-state index contributed by atoms with van der Waals surface area (Å²) >= 11 is 0. The van der Waals surface area contributed by atoms with E-state index in [9.17, 15) is 4.79 Å². The molecule has 1 fully saturated rings. The van der Waals surface area contributed by atoms with Crippen LogP contribution in [-0.2, 0) is 11.3 Å². The number of piperazine rings is 1. The molecule has 2 aliphatic rings. The summed E-state index contributed by atoms with van der Waals surface area (Å²) in [5, 5.41) is 2.98. The summed E-state index contributed by atoms with van der Waals surface area (Å²) in [6.45, 7) is 11.0. The topological polar surface area (TPSA) is 54.0 Å². The number of amides is 1. The number of carbonyl (C=O) groups is 1. The van der Waals surface area contributed by atoms with Gasteiger partial charge in [0.25, 0.3) is 0 Å². The standard InChI is InChI=1S/C23H29N3O3/c1-23(2,3)22(27)24-18-5-7-19(8-6-18)26-12-10-25(11-13-26)15-17-4-9-20-21(14-17)29-16-28-20/h4-9,14H,10-13,15-16H2,1-3H3,(H,24,27). The van der Waals surface area contributed by atoms with E-state index in [-0.39, 0.29) is 5.91 Å². The fraction of sp³-hybridized carbons (Fsp3) is 0.435. The minimum Gasteiger partial charge on any atom is -0.454 e. The highest BCUT2D eigenvalue weighted by Crippen LogP contribution is 2.33. The number of nitrogens with one attached hydrogen (secondary N) is 1. The van der Waals surface area contributed by atoms with Gasteiger partial charge in [0.05, 0.1) is 0 Å². The van der Waals surface area contributed by atoms with Crippen LogP contribution < -0.4 is 19.7 Å². The van der Waals surface area contributed by atoms with Crippen LogP contribution in [0.25, 0.3) is 0 Å². The molecule has 29 heavy (non-hydrogen) atoms. The first-order chi connectivity index (χ1) is 13.9. The minimum absolute atomic E-state index is 0.0300. The number of nitrogens with zero attached hydrogens (tertiary/aromatic N) is 2. The van der Waals surface area contributed by atoms with Gasteiger partial charge in [-0.3, -0.25) is 9.69 Å². The van der Waals surface area contributed by atoms with Crippen molar-refractivity contribution in [3.05, 3.63) is 48.0 Å². The molecule has 1 N–H and O–H groups in total. The van der Waals surface area contributed by atoms with E-state index in [1.54, 1.807) is 0 Å². The van der Waals surface area contributed by atoms with E-state index in [4.69, 9.17) is 9.47 Å². The monoisotopic (exact) mass is 395 g/mol. The van der Waals surface area contributed by atoms with Crippen LogP contribution in [-0.4, -0.2) is 43.8 Å². The fourth-order valence-corrected chi connectivity index (χ4v) is 3.54. The fourth-order valence-electron chi connectivity index (χ4n) is 3.54. The van der Waals surface area contributed by atoms with Crippen LogP contribution in [0.2, 0.25) is 0 Å². The van der Waals surface area contributed by atoms with Crippen molar-refractivity contribution in [3.63, 3.8) is 0 Å². The molecule has 0 unspecified atom stereocenters. The second-order valence-electron chi connectivity index (χ2n) is 8.70. The average Bonchev–Trinajstić information content (AvgIpc) is 3.16. The molecule has 6 heteroatoms. The average molecular weight is 396 g/mol. The molecular formula is C23H29N3O3. The Balaban J connectivity index is 1.30. The van der Waals surface area contributed by atoms with Gasteiger partial charge in [-0.05, 0) is 42.0 Å². The third-order valence-electron chi connectivity index (χ3n) is 5.39. The highest BCUT2D eigenvalue weighted by molar-refractivity contribution is 5.94. The van der Waals surface area contributed by atoms with Gasteiger partial charge in [-0.2, -0.15) is 0 Å². The predicted molar refractivity (Wildman–Crippen MR) is 115 cm³/mol. The van der Waals surface area contributed by atoms with Crippen LogP contribution in [0.5, 0.6) is 11.5 Å². The van der Waals surface area contributed by atoms with Gasteiger partial charge in [-0.1, -0.05) is 26.8 Å². The van der Waals surface area contributed by atoms with E-state index in [2.05, 4.69) is 39.4 Å². The Morgan fingerprint density at radius 2 is 1.66 bits per heavy atom. The Bertz CT molecular complexity index is 866. The Kier molecular flexibility index (Phi) is 5.37. The van der Waals surface area contributed by atoms with Crippen molar-refractivity contribution in [2.24, 2.45) is 5.41 Å². The number of hydrogen-bond donors (Lipinski definition) is 1. The molecule has 2 aliphatic heterocycles. The maximum atomic E-state index is 12.1. The van der Waals surface area contributed by atoms with Crippen LogP contribution in [0.1, 0.15) is 26.3 Å². The first kappa shape index (κ1) is 19.6. The lowest BCUT2D eigenvalue weighted by atomic mass is 9.95. The normalized spacial score (nSPS) is 16.7. The van der Waals surface area contributed by atoms with Crippen molar-refractivity contribution in [1.82, 2.24) is 4.90 Å². The van der Waals surface area contributed by atoms with Gasteiger partial charge < -0.3 is 19.7 Å². The van der Waals surface area contributed by atoms with Crippen molar-refractivity contribution >= 4 is 17.3 Å². The molecule has 0 aliphatic carbocycles. The number of fused-ring (bicyclic) bond motifs is 1. The zero-order valence-electron chi connectivity index (χ0n) is 17.4. The summed E-state index contributed by atoms with van der Waals surface area (Å²) in [7, 11) is 0. The molecule has 0 aromatic heterocycles. The van der Waals surface area contributed by atoms with E-state index in [1.807, 2.05) is 39.0 Å². The van der Waals surface area contributed by atoms with E-state index >= 15 is 0 Å². The zero-order chi connectivity index (χ0) is 20.4. The van der Waals surface area contributed by atoms with Crippen LogP contribution in [0.15, 0.2) is 42.5 Å². The lowest BCUT2D eigenvalue weighted by Crippen LogP contribution is -2.45. The summed E-state index contributed by atoms with van der Waals surface area (Å²) in [4.78, 5) is 17.0. The highest BCUT2D eigenvalue weighted by Gasteiger charge is 2.22. The molecule has 0 spiro atoms. The Hall–Kier alpha value is -2.73. The molecule has 0 atom stereocenters. The smallest absolute Gasteiger partial charge is 0.231 e. The highest BCUT2D eigenvalue weighted by atomic mass is 16.7.